The van der Waals surface area contributed by atoms with Gasteiger partial charge in [0.25, 0.3) is 0 Å². The van der Waals surface area contributed by atoms with E-state index in [2.05, 4.69) is 11.4 Å². The van der Waals surface area contributed by atoms with E-state index in [0.717, 1.165) is 28.4 Å². The Bertz CT molecular complexity index is 644. The highest BCUT2D eigenvalue weighted by Gasteiger charge is 2.21. The first-order valence-electron chi connectivity index (χ1n) is 6.62. The van der Waals surface area contributed by atoms with Gasteiger partial charge in [0.2, 0.25) is 0 Å². The van der Waals surface area contributed by atoms with Crippen LogP contribution in [-0.2, 0) is 0 Å². The predicted molar refractivity (Wildman–Crippen MR) is 86.0 cm³/mol. The van der Waals surface area contributed by atoms with E-state index < -0.39 is 0 Å². The van der Waals surface area contributed by atoms with Crippen molar-refractivity contribution in [1.29, 1.82) is 0 Å². The molecule has 2 aromatic rings. The fraction of sp³-hybridized carbons (Fsp3) is 0.250. The second kappa shape index (κ2) is 5.58. The zero-order valence-corrected chi connectivity index (χ0v) is 12.8. The van der Waals surface area contributed by atoms with E-state index in [0.29, 0.717) is 5.75 Å². The fourth-order valence-electron chi connectivity index (χ4n) is 2.42. The summed E-state index contributed by atoms with van der Waals surface area (Å²) in [6.45, 7) is 1.89. The Balaban J connectivity index is 1.89. The van der Waals surface area contributed by atoms with Crippen molar-refractivity contribution in [1.82, 2.24) is 0 Å². The molecule has 0 amide bonds. The Morgan fingerprint density at radius 3 is 2.90 bits per heavy atom. The quantitative estimate of drug-likeness (QED) is 0.818. The zero-order valence-electron chi connectivity index (χ0n) is 11.2. The van der Waals surface area contributed by atoms with Crippen LogP contribution < -0.4 is 5.32 Å². The molecule has 104 valence electrons. The fourth-order valence-corrected chi connectivity index (χ4v) is 3.70. The van der Waals surface area contributed by atoms with Crippen molar-refractivity contribution >= 4 is 29.1 Å². The SMILES string of the molecule is Cc1ccc(NC2CCSc3ccc(Cl)cc32)cc1O. The molecule has 1 aliphatic heterocycles. The van der Waals surface area contributed by atoms with Crippen molar-refractivity contribution in [3.63, 3.8) is 0 Å². The number of anilines is 1. The lowest BCUT2D eigenvalue weighted by atomic mass is 10.0. The number of fused-ring (bicyclic) bond motifs is 1. The molecule has 2 N–H and O–H groups in total. The van der Waals surface area contributed by atoms with Crippen LogP contribution in [0, 0.1) is 6.92 Å². The van der Waals surface area contributed by atoms with Crippen LogP contribution in [0.1, 0.15) is 23.6 Å². The maximum Gasteiger partial charge on any atom is 0.120 e. The summed E-state index contributed by atoms with van der Waals surface area (Å²) in [5.41, 5.74) is 3.07. The topological polar surface area (TPSA) is 32.3 Å². The van der Waals surface area contributed by atoms with Crippen LogP contribution in [0.2, 0.25) is 5.02 Å². The van der Waals surface area contributed by atoms with Crippen LogP contribution in [0.4, 0.5) is 5.69 Å². The Morgan fingerprint density at radius 1 is 1.25 bits per heavy atom. The molecule has 0 saturated carbocycles. The molecule has 4 heteroatoms. The van der Waals surface area contributed by atoms with E-state index in [-0.39, 0.29) is 6.04 Å². The molecule has 0 aliphatic carbocycles. The molecule has 2 aromatic carbocycles. The number of nitrogens with one attached hydrogen (secondary N) is 1. The lowest BCUT2D eigenvalue weighted by molar-refractivity contribution is 0.471. The molecule has 1 atom stereocenters. The van der Waals surface area contributed by atoms with Crippen molar-refractivity contribution in [2.75, 3.05) is 11.1 Å². The van der Waals surface area contributed by atoms with Crippen molar-refractivity contribution in [3.05, 3.63) is 52.5 Å². The van der Waals surface area contributed by atoms with Gasteiger partial charge in [0.05, 0.1) is 6.04 Å². The molecule has 1 heterocycles. The normalized spacial score (nSPS) is 17.6. The highest BCUT2D eigenvalue weighted by Crippen LogP contribution is 2.39. The number of phenolic OH excluding ortho intramolecular Hbond substituents is 1. The van der Waals surface area contributed by atoms with Gasteiger partial charge in [-0.2, -0.15) is 0 Å². The van der Waals surface area contributed by atoms with Crippen molar-refractivity contribution in [3.8, 4) is 5.75 Å². The highest BCUT2D eigenvalue weighted by molar-refractivity contribution is 7.99. The van der Waals surface area contributed by atoms with Gasteiger partial charge in [0, 0.05) is 27.4 Å². The molecule has 20 heavy (non-hydrogen) atoms. The molecule has 0 radical (unpaired) electrons. The second-order valence-corrected chi connectivity index (χ2v) is 6.59. The molecule has 0 aromatic heterocycles. The summed E-state index contributed by atoms with van der Waals surface area (Å²) in [6.07, 6.45) is 1.05. The van der Waals surface area contributed by atoms with Crippen LogP contribution in [0.15, 0.2) is 41.3 Å². The third kappa shape index (κ3) is 2.74. The van der Waals surface area contributed by atoms with Crippen molar-refractivity contribution < 1.29 is 5.11 Å². The zero-order chi connectivity index (χ0) is 14.1. The van der Waals surface area contributed by atoms with Gasteiger partial charge in [-0.1, -0.05) is 17.7 Å². The first-order valence-corrected chi connectivity index (χ1v) is 7.98. The minimum Gasteiger partial charge on any atom is -0.508 e. The molecule has 2 nitrogen and oxygen atoms in total. The van der Waals surface area contributed by atoms with Gasteiger partial charge in [-0.3, -0.25) is 0 Å². The number of hydrogen-bond acceptors (Lipinski definition) is 3. The summed E-state index contributed by atoms with van der Waals surface area (Å²) >= 11 is 7.98. The van der Waals surface area contributed by atoms with Gasteiger partial charge in [-0.15, -0.1) is 11.8 Å². The molecule has 3 rings (SSSR count). The molecule has 0 saturated heterocycles. The number of halogens is 1. The van der Waals surface area contributed by atoms with Crippen LogP contribution >= 0.6 is 23.4 Å². The Hall–Kier alpha value is -1.32. The summed E-state index contributed by atoms with van der Waals surface area (Å²) in [5.74, 6) is 1.41. The molecule has 0 bridgehead atoms. The third-order valence-corrected chi connectivity index (χ3v) is 4.92. The minimum atomic E-state index is 0.243. The molecule has 1 unspecified atom stereocenters. The number of rotatable bonds is 2. The van der Waals surface area contributed by atoms with Gasteiger partial charge < -0.3 is 10.4 Å². The van der Waals surface area contributed by atoms with E-state index in [4.69, 9.17) is 11.6 Å². The van der Waals surface area contributed by atoms with Gasteiger partial charge in [0.1, 0.15) is 5.75 Å². The summed E-state index contributed by atoms with van der Waals surface area (Å²) in [5, 5.41) is 14.1. The average Bonchev–Trinajstić information content (AvgIpc) is 2.44. The molecule has 0 fully saturated rings. The molecule has 1 aliphatic rings. The summed E-state index contributed by atoms with van der Waals surface area (Å²) in [4.78, 5) is 1.29. The first-order chi connectivity index (χ1) is 9.63. The number of aryl methyl sites for hydroxylation is 1. The maximum absolute atomic E-state index is 9.80. The van der Waals surface area contributed by atoms with Crippen LogP contribution in [0.25, 0.3) is 0 Å². The lowest BCUT2D eigenvalue weighted by Crippen LogP contribution is -2.16. The number of aromatic hydroxyl groups is 1. The Labute approximate surface area is 128 Å². The second-order valence-electron chi connectivity index (χ2n) is 5.02. The van der Waals surface area contributed by atoms with Gasteiger partial charge in [-0.05, 0) is 48.7 Å². The van der Waals surface area contributed by atoms with Gasteiger partial charge >= 0.3 is 0 Å². The summed E-state index contributed by atoms with van der Waals surface area (Å²) in [7, 11) is 0. The first kappa shape index (κ1) is 13.7. The summed E-state index contributed by atoms with van der Waals surface area (Å²) in [6, 6.07) is 12.0. The smallest absolute Gasteiger partial charge is 0.120 e. The minimum absolute atomic E-state index is 0.243. The van der Waals surface area contributed by atoms with E-state index in [9.17, 15) is 5.11 Å². The van der Waals surface area contributed by atoms with E-state index in [1.54, 1.807) is 6.07 Å². The average molecular weight is 306 g/mol. The Morgan fingerprint density at radius 2 is 2.10 bits per heavy atom. The number of hydrogen-bond donors (Lipinski definition) is 2. The number of phenols is 1. The molecule has 0 spiro atoms. The van der Waals surface area contributed by atoms with Crippen molar-refractivity contribution in [2.45, 2.75) is 24.3 Å². The Kier molecular flexibility index (Phi) is 3.81. The monoisotopic (exact) mass is 305 g/mol. The van der Waals surface area contributed by atoms with Crippen LogP contribution in [0.5, 0.6) is 5.75 Å². The number of benzene rings is 2. The largest absolute Gasteiger partial charge is 0.508 e. The van der Waals surface area contributed by atoms with Crippen LogP contribution in [0.3, 0.4) is 0 Å². The van der Waals surface area contributed by atoms with E-state index in [1.165, 1.54) is 10.5 Å². The maximum atomic E-state index is 9.80. The highest BCUT2D eigenvalue weighted by atomic mass is 35.5. The van der Waals surface area contributed by atoms with Crippen LogP contribution in [-0.4, -0.2) is 10.9 Å². The van der Waals surface area contributed by atoms with Crippen molar-refractivity contribution in [2.24, 2.45) is 0 Å². The number of thioether (sulfide) groups is 1. The van der Waals surface area contributed by atoms with Gasteiger partial charge in [-0.25, -0.2) is 0 Å². The van der Waals surface area contributed by atoms with E-state index in [1.807, 2.05) is 43.0 Å². The third-order valence-electron chi connectivity index (χ3n) is 3.56. The lowest BCUT2D eigenvalue weighted by Gasteiger charge is -2.27. The molecular weight excluding hydrogens is 290 g/mol. The molecular formula is C16H16ClNOS. The van der Waals surface area contributed by atoms with Gasteiger partial charge in [0.15, 0.2) is 0 Å². The van der Waals surface area contributed by atoms with E-state index >= 15 is 0 Å². The standard InChI is InChI=1S/C16H16ClNOS/c1-10-2-4-12(9-15(10)19)18-14-6-7-20-16-5-3-11(17)8-13(14)16/h2-5,8-9,14,18-19H,6-7H2,1H3. The summed E-state index contributed by atoms with van der Waals surface area (Å²) < 4.78 is 0. The predicted octanol–water partition coefficient (Wildman–Crippen LogP) is 5.00.